The smallest absolute Gasteiger partial charge is 0.145 e. The van der Waals surface area contributed by atoms with Crippen molar-refractivity contribution in [3.8, 4) is 39.3 Å². The van der Waals surface area contributed by atoms with Gasteiger partial charge >= 0.3 is 0 Å². The average molecular weight is 652 g/mol. The third kappa shape index (κ3) is 4.97. The summed E-state index contributed by atoms with van der Waals surface area (Å²) in [5.41, 5.74) is 17.7. The minimum absolute atomic E-state index is 0.133. The van der Waals surface area contributed by atoms with Crippen molar-refractivity contribution < 1.29 is 0 Å². The highest BCUT2D eigenvalue weighted by molar-refractivity contribution is 6.21. The molecular formula is C48H33N3. The first-order valence-corrected chi connectivity index (χ1v) is 17.6. The third-order valence-electron chi connectivity index (χ3n) is 10.4. The minimum Gasteiger partial charge on any atom is -0.292 e. The fourth-order valence-electron chi connectivity index (χ4n) is 8.01. The van der Waals surface area contributed by atoms with Crippen molar-refractivity contribution >= 4 is 28.0 Å². The Kier molecular flexibility index (Phi) is 6.95. The van der Waals surface area contributed by atoms with E-state index in [1.807, 2.05) is 0 Å². The van der Waals surface area contributed by atoms with Gasteiger partial charge in [0.15, 0.2) is 0 Å². The molecule has 1 aliphatic carbocycles. The number of fused-ring (bicyclic) bond motifs is 6. The van der Waals surface area contributed by atoms with Gasteiger partial charge in [0.05, 0.1) is 22.4 Å². The Hall–Kier alpha value is -6.58. The molecule has 3 nitrogen and oxygen atoms in total. The van der Waals surface area contributed by atoms with Crippen LogP contribution in [0.3, 0.4) is 0 Å². The Morgan fingerprint density at radius 2 is 1.08 bits per heavy atom. The molecule has 8 aromatic rings. The van der Waals surface area contributed by atoms with E-state index in [1.165, 1.54) is 44.5 Å². The van der Waals surface area contributed by atoms with Gasteiger partial charge in [-0.25, -0.2) is 4.98 Å². The molecule has 1 aromatic heterocycles. The van der Waals surface area contributed by atoms with Crippen LogP contribution in [-0.2, 0) is 6.42 Å². The van der Waals surface area contributed by atoms with E-state index >= 15 is 0 Å². The molecule has 1 unspecified atom stereocenters. The Balaban J connectivity index is 1.07. The number of benzene rings is 7. The molecule has 0 saturated carbocycles. The van der Waals surface area contributed by atoms with E-state index in [0.29, 0.717) is 0 Å². The van der Waals surface area contributed by atoms with Gasteiger partial charge in [0, 0.05) is 28.3 Å². The van der Waals surface area contributed by atoms with E-state index in [-0.39, 0.29) is 5.92 Å². The van der Waals surface area contributed by atoms with Crippen LogP contribution in [0.1, 0.15) is 22.3 Å². The van der Waals surface area contributed by atoms with Gasteiger partial charge in [0.25, 0.3) is 0 Å². The maximum absolute atomic E-state index is 5.47. The molecule has 0 fully saturated rings. The van der Waals surface area contributed by atoms with E-state index in [2.05, 4.69) is 187 Å². The summed E-state index contributed by atoms with van der Waals surface area (Å²) < 4.78 is 2.26. The normalized spacial score (nSPS) is 14.8. The number of rotatable bonds is 5. The van der Waals surface area contributed by atoms with Crippen molar-refractivity contribution in [1.29, 1.82) is 0 Å². The molecule has 0 spiro atoms. The van der Waals surface area contributed by atoms with Crippen molar-refractivity contribution in [1.82, 2.24) is 9.55 Å². The van der Waals surface area contributed by atoms with Gasteiger partial charge in [-0.05, 0) is 69.6 Å². The zero-order chi connectivity index (χ0) is 33.7. The quantitative estimate of drug-likeness (QED) is 0.182. The molecule has 0 saturated heterocycles. The summed E-state index contributed by atoms with van der Waals surface area (Å²) in [5.74, 6) is 1.07. The molecule has 2 aliphatic rings. The van der Waals surface area contributed by atoms with Crippen molar-refractivity contribution in [3.05, 3.63) is 204 Å². The van der Waals surface area contributed by atoms with Crippen LogP contribution >= 0.6 is 0 Å². The number of allylic oxidation sites excluding steroid dienone is 1. The van der Waals surface area contributed by atoms with Gasteiger partial charge in [-0.3, -0.25) is 9.56 Å². The fourth-order valence-corrected chi connectivity index (χ4v) is 8.01. The Bertz CT molecular complexity index is 2630. The Morgan fingerprint density at radius 1 is 0.471 bits per heavy atom. The van der Waals surface area contributed by atoms with Crippen molar-refractivity contribution in [2.24, 2.45) is 10.9 Å². The van der Waals surface area contributed by atoms with Crippen molar-refractivity contribution in [2.45, 2.75) is 6.42 Å². The Labute approximate surface area is 297 Å². The molecule has 1 atom stereocenters. The summed E-state index contributed by atoms with van der Waals surface area (Å²) in [7, 11) is 0. The van der Waals surface area contributed by atoms with Crippen molar-refractivity contribution in [2.75, 3.05) is 0 Å². The van der Waals surface area contributed by atoms with Crippen LogP contribution in [0.4, 0.5) is 0 Å². The number of hydrogen-bond acceptors (Lipinski definition) is 2. The summed E-state index contributed by atoms with van der Waals surface area (Å²) in [5, 5.41) is 0. The van der Waals surface area contributed by atoms with Gasteiger partial charge in [-0.1, -0.05) is 158 Å². The van der Waals surface area contributed by atoms with Crippen LogP contribution in [0, 0.1) is 5.92 Å². The lowest BCUT2D eigenvalue weighted by Gasteiger charge is -2.18. The zero-order valence-electron chi connectivity index (χ0n) is 27.9. The first-order chi connectivity index (χ1) is 25.3. The standard InChI is InChI=1S/C48H33N3/c1-4-14-33(15-5-1)45-42-31-37-30-36(28-29-39(37)40-20-10-11-21-41(40)47(42)50-46(45)34-16-6-2-7-17-34)32-24-26-35(27-25-32)48-49-43-22-12-13-23-44(43)51(48)38-18-8-3-9-19-38/h1-30,42H,31H2. The van der Waals surface area contributed by atoms with E-state index in [9.17, 15) is 0 Å². The second kappa shape index (κ2) is 12.1. The predicted octanol–water partition coefficient (Wildman–Crippen LogP) is 11.6. The van der Waals surface area contributed by atoms with Gasteiger partial charge in [-0.2, -0.15) is 0 Å². The lowest BCUT2D eigenvalue weighted by Crippen LogP contribution is -2.15. The van der Waals surface area contributed by atoms with Crippen LogP contribution in [0.2, 0.25) is 0 Å². The van der Waals surface area contributed by atoms with Crippen LogP contribution in [0.5, 0.6) is 0 Å². The lowest BCUT2D eigenvalue weighted by atomic mass is 9.83. The summed E-state index contributed by atoms with van der Waals surface area (Å²) in [6.45, 7) is 0. The zero-order valence-corrected chi connectivity index (χ0v) is 27.9. The maximum Gasteiger partial charge on any atom is 0.145 e. The molecule has 0 radical (unpaired) electrons. The number of nitrogens with zero attached hydrogens (tertiary/aromatic N) is 3. The summed E-state index contributed by atoms with van der Waals surface area (Å²) in [6.07, 6.45) is 0.871. The molecule has 7 aromatic carbocycles. The molecule has 0 amide bonds. The van der Waals surface area contributed by atoms with E-state index in [0.717, 1.165) is 51.5 Å². The van der Waals surface area contributed by atoms with Crippen LogP contribution in [0.15, 0.2) is 187 Å². The second-order valence-electron chi connectivity index (χ2n) is 13.3. The van der Waals surface area contributed by atoms with Crippen molar-refractivity contribution in [3.63, 3.8) is 0 Å². The summed E-state index contributed by atoms with van der Waals surface area (Å²) in [6, 6.07) is 65.0. The van der Waals surface area contributed by atoms with Crippen LogP contribution in [0.25, 0.3) is 61.6 Å². The topological polar surface area (TPSA) is 30.2 Å². The SMILES string of the molecule is c1ccc(C2=C(c3ccccc3)C3Cc4cc(-c5ccc(-c6nc7ccccc7n6-c6ccccc6)cc5)ccc4-c4ccccc4C3=N2)cc1. The molecular weight excluding hydrogens is 619 g/mol. The second-order valence-corrected chi connectivity index (χ2v) is 13.3. The molecule has 1 aliphatic heterocycles. The number of imidazole rings is 1. The maximum atomic E-state index is 5.47. The van der Waals surface area contributed by atoms with Crippen LogP contribution in [-0.4, -0.2) is 15.3 Å². The fraction of sp³-hybridized carbons (Fsp3) is 0.0417. The molecule has 0 N–H and O–H groups in total. The highest BCUT2D eigenvalue weighted by Gasteiger charge is 2.36. The predicted molar refractivity (Wildman–Crippen MR) is 211 cm³/mol. The minimum atomic E-state index is 0.133. The lowest BCUT2D eigenvalue weighted by molar-refractivity contribution is 0.889. The first-order valence-electron chi connectivity index (χ1n) is 17.6. The molecule has 240 valence electrons. The number of aromatic nitrogens is 2. The number of hydrogen-bond donors (Lipinski definition) is 0. The molecule has 2 heterocycles. The van der Waals surface area contributed by atoms with Gasteiger partial charge in [0.1, 0.15) is 5.82 Å². The van der Waals surface area contributed by atoms with E-state index in [1.54, 1.807) is 0 Å². The Morgan fingerprint density at radius 3 is 1.84 bits per heavy atom. The molecule has 3 heteroatoms. The monoisotopic (exact) mass is 651 g/mol. The average Bonchev–Trinajstić information content (AvgIpc) is 3.74. The molecule has 0 bridgehead atoms. The number of para-hydroxylation sites is 3. The van der Waals surface area contributed by atoms with E-state index in [4.69, 9.17) is 9.98 Å². The largest absolute Gasteiger partial charge is 0.292 e. The van der Waals surface area contributed by atoms with Gasteiger partial charge < -0.3 is 0 Å². The van der Waals surface area contributed by atoms with Gasteiger partial charge in [0.2, 0.25) is 0 Å². The van der Waals surface area contributed by atoms with E-state index < -0.39 is 0 Å². The van der Waals surface area contributed by atoms with Crippen LogP contribution < -0.4 is 0 Å². The summed E-state index contributed by atoms with van der Waals surface area (Å²) in [4.78, 5) is 10.6. The van der Waals surface area contributed by atoms with Gasteiger partial charge in [-0.15, -0.1) is 0 Å². The first kappa shape index (κ1) is 29.3. The number of aliphatic imine (C=N–C) groups is 1. The molecule has 10 rings (SSSR count). The summed E-state index contributed by atoms with van der Waals surface area (Å²) >= 11 is 0. The highest BCUT2D eigenvalue weighted by Crippen LogP contribution is 2.47. The third-order valence-corrected chi connectivity index (χ3v) is 10.4. The highest BCUT2D eigenvalue weighted by atomic mass is 15.1. The molecule has 51 heavy (non-hydrogen) atoms.